The zero-order valence-electron chi connectivity index (χ0n) is 7.81. The molecule has 1 aromatic rings. The second kappa shape index (κ2) is 3.73. The molecule has 3 N–H and O–H groups in total. The lowest BCUT2D eigenvalue weighted by Crippen LogP contribution is -2.50. The summed E-state index contributed by atoms with van der Waals surface area (Å²) in [6.45, 7) is 0.963. The zero-order chi connectivity index (χ0) is 11.1. The molecular weight excluding hydrogens is 282 g/mol. The zero-order valence-corrected chi connectivity index (χ0v) is 10.2. The van der Waals surface area contributed by atoms with E-state index in [0.29, 0.717) is 19.5 Å². The van der Waals surface area contributed by atoms with Gasteiger partial charge in [0, 0.05) is 18.5 Å². The van der Waals surface area contributed by atoms with Crippen LogP contribution in [0.2, 0.25) is 0 Å². The first-order chi connectivity index (χ1) is 7.01. The predicted molar refractivity (Wildman–Crippen MR) is 61.2 cm³/mol. The Balaban J connectivity index is 2.14. The molecule has 15 heavy (non-hydrogen) atoms. The number of hydrogen-bond acceptors (Lipinski definition) is 5. The van der Waals surface area contributed by atoms with Crippen molar-refractivity contribution in [2.24, 2.45) is 5.73 Å². The first kappa shape index (κ1) is 10.8. The Hall–Kier alpha value is -0.660. The van der Waals surface area contributed by atoms with Crippen LogP contribution in [0, 0.1) is 0 Å². The number of carbonyl (C=O) groups is 1. The maximum atomic E-state index is 10.9. The molecule has 0 amide bonds. The summed E-state index contributed by atoms with van der Waals surface area (Å²) in [6.07, 6.45) is 0.458. The molecule has 0 radical (unpaired) electrons. The van der Waals surface area contributed by atoms with Crippen molar-refractivity contribution in [2.45, 2.75) is 12.0 Å². The van der Waals surface area contributed by atoms with Crippen molar-refractivity contribution < 1.29 is 9.90 Å². The van der Waals surface area contributed by atoms with Crippen LogP contribution in [0.25, 0.3) is 0 Å². The van der Waals surface area contributed by atoms with Gasteiger partial charge in [-0.2, -0.15) is 0 Å². The Labute approximate surface area is 99.0 Å². The molecule has 0 aromatic carbocycles. The Kier molecular flexibility index (Phi) is 2.70. The quantitative estimate of drug-likeness (QED) is 0.846. The number of rotatable bonds is 2. The van der Waals surface area contributed by atoms with Gasteiger partial charge in [0.2, 0.25) is 0 Å². The highest BCUT2D eigenvalue weighted by Crippen LogP contribution is 2.29. The van der Waals surface area contributed by atoms with E-state index < -0.39 is 11.5 Å². The van der Waals surface area contributed by atoms with Crippen LogP contribution < -0.4 is 10.6 Å². The van der Waals surface area contributed by atoms with E-state index in [9.17, 15) is 4.79 Å². The highest BCUT2D eigenvalue weighted by Gasteiger charge is 2.42. The highest BCUT2D eigenvalue weighted by molar-refractivity contribution is 9.10. The molecule has 0 bridgehead atoms. The fourth-order valence-electron chi connectivity index (χ4n) is 1.56. The number of nitrogens with two attached hydrogens (primary N) is 1. The van der Waals surface area contributed by atoms with Crippen molar-refractivity contribution in [3.05, 3.63) is 9.98 Å². The summed E-state index contributed by atoms with van der Waals surface area (Å²) in [6, 6.07) is 0. The Morgan fingerprint density at radius 3 is 3.00 bits per heavy atom. The van der Waals surface area contributed by atoms with Gasteiger partial charge >= 0.3 is 5.97 Å². The molecule has 1 atom stereocenters. The normalized spacial score (nSPS) is 25.9. The van der Waals surface area contributed by atoms with E-state index in [1.54, 1.807) is 0 Å². The van der Waals surface area contributed by atoms with E-state index in [4.69, 9.17) is 10.8 Å². The number of carboxylic acid groups (broad SMARTS) is 1. The maximum Gasteiger partial charge on any atom is 0.325 e. The molecule has 5 nitrogen and oxygen atoms in total. The molecule has 0 spiro atoms. The summed E-state index contributed by atoms with van der Waals surface area (Å²) in [7, 11) is 0. The van der Waals surface area contributed by atoms with Crippen molar-refractivity contribution in [1.82, 2.24) is 4.98 Å². The summed E-state index contributed by atoms with van der Waals surface area (Å²) in [4.78, 5) is 17.1. The molecule has 7 heteroatoms. The number of hydrogen-bond donors (Lipinski definition) is 2. The largest absolute Gasteiger partial charge is 0.480 e. The molecule has 0 saturated carbocycles. The molecule has 1 aliphatic rings. The van der Waals surface area contributed by atoms with Crippen LogP contribution in [0.1, 0.15) is 6.42 Å². The van der Waals surface area contributed by atoms with Crippen LogP contribution in [-0.4, -0.2) is 34.7 Å². The van der Waals surface area contributed by atoms with E-state index in [1.165, 1.54) is 11.3 Å². The van der Waals surface area contributed by atoms with E-state index in [-0.39, 0.29) is 0 Å². The van der Waals surface area contributed by atoms with Crippen molar-refractivity contribution in [1.29, 1.82) is 0 Å². The van der Waals surface area contributed by atoms with Gasteiger partial charge in [-0.05, 0) is 22.4 Å². The Morgan fingerprint density at radius 2 is 2.53 bits per heavy atom. The summed E-state index contributed by atoms with van der Waals surface area (Å²) in [5.41, 5.74) is 4.63. The molecule has 1 aliphatic heterocycles. The Bertz CT molecular complexity index is 397. The molecule has 1 fully saturated rings. The summed E-state index contributed by atoms with van der Waals surface area (Å²) < 4.78 is 0.771. The molecule has 82 valence electrons. The average Bonchev–Trinajstić information content (AvgIpc) is 2.73. The van der Waals surface area contributed by atoms with Crippen LogP contribution in [0.4, 0.5) is 5.13 Å². The van der Waals surface area contributed by atoms with Gasteiger partial charge in [0.25, 0.3) is 0 Å². The monoisotopic (exact) mass is 291 g/mol. The number of halogens is 1. The van der Waals surface area contributed by atoms with Gasteiger partial charge in [-0.25, -0.2) is 4.98 Å². The third-order valence-electron chi connectivity index (χ3n) is 2.46. The number of aliphatic carboxylic acids is 1. The lowest BCUT2D eigenvalue weighted by atomic mass is 10.0. The van der Waals surface area contributed by atoms with Gasteiger partial charge in [-0.1, -0.05) is 0 Å². The van der Waals surface area contributed by atoms with Crippen LogP contribution in [0.3, 0.4) is 0 Å². The fraction of sp³-hybridized carbons (Fsp3) is 0.500. The van der Waals surface area contributed by atoms with E-state index in [0.717, 1.165) is 9.73 Å². The van der Waals surface area contributed by atoms with Crippen molar-refractivity contribution >= 4 is 38.4 Å². The molecule has 1 unspecified atom stereocenters. The highest BCUT2D eigenvalue weighted by atomic mass is 79.9. The number of aromatic nitrogens is 1. The molecule has 1 saturated heterocycles. The third-order valence-corrected chi connectivity index (χ3v) is 4.07. The third kappa shape index (κ3) is 1.99. The van der Waals surface area contributed by atoms with Gasteiger partial charge in [-0.3, -0.25) is 4.79 Å². The lowest BCUT2D eigenvalue weighted by Gasteiger charge is -2.19. The minimum Gasteiger partial charge on any atom is -0.480 e. The maximum absolute atomic E-state index is 10.9. The van der Waals surface area contributed by atoms with Crippen molar-refractivity contribution in [2.75, 3.05) is 18.0 Å². The first-order valence-electron chi connectivity index (χ1n) is 4.39. The van der Waals surface area contributed by atoms with Gasteiger partial charge in [0.1, 0.15) is 10.1 Å². The molecule has 2 rings (SSSR count). The second-order valence-electron chi connectivity index (χ2n) is 3.59. The number of carboxylic acids is 1. The van der Waals surface area contributed by atoms with Crippen LogP contribution in [0.15, 0.2) is 9.98 Å². The molecule has 0 aliphatic carbocycles. The van der Waals surface area contributed by atoms with E-state index >= 15 is 0 Å². The topological polar surface area (TPSA) is 79.5 Å². The lowest BCUT2D eigenvalue weighted by molar-refractivity contribution is -0.142. The van der Waals surface area contributed by atoms with Gasteiger partial charge < -0.3 is 15.7 Å². The summed E-state index contributed by atoms with van der Waals surface area (Å²) >= 11 is 4.74. The van der Waals surface area contributed by atoms with Crippen molar-refractivity contribution in [3.8, 4) is 0 Å². The minimum absolute atomic E-state index is 0.322. The van der Waals surface area contributed by atoms with Gasteiger partial charge in [-0.15, -0.1) is 11.3 Å². The van der Waals surface area contributed by atoms with Crippen LogP contribution in [-0.2, 0) is 4.79 Å². The van der Waals surface area contributed by atoms with Crippen LogP contribution in [0.5, 0.6) is 0 Å². The van der Waals surface area contributed by atoms with Crippen LogP contribution >= 0.6 is 27.3 Å². The standard InChI is InChI=1S/C8H10BrN3O2S/c9-5-3-15-7(11-5)12-2-1-8(10,4-12)6(13)14/h3H,1-2,4,10H2,(H,13,14). The van der Waals surface area contributed by atoms with E-state index in [1.807, 2.05) is 10.3 Å². The summed E-state index contributed by atoms with van der Waals surface area (Å²) in [5.74, 6) is -0.944. The summed E-state index contributed by atoms with van der Waals surface area (Å²) in [5, 5.41) is 11.6. The second-order valence-corrected chi connectivity index (χ2v) is 5.23. The van der Waals surface area contributed by atoms with Crippen molar-refractivity contribution in [3.63, 3.8) is 0 Å². The SMILES string of the molecule is NC1(C(=O)O)CCN(c2nc(Br)cs2)C1. The van der Waals surface area contributed by atoms with Gasteiger partial charge in [0.15, 0.2) is 5.13 Å². The average molecular weight is 292 g/mol. The number of thiazole rings is 1. The molecule has 1 aromatic heterocycles. The van der Waals surface area contributed by atoms with Gasteiger partial charge in [0.05, 0.1) is 0 Å². The smallest absolute Gasteiger partial charge is 0.325 e. The molecule has 2 heterocycles. The number of anilines is 1. The minimum atomic E-state index is -1.13. The molecular formula is C8H10BrN3O2S. The fourth-order valence-corrected chi connectivity index (χ4v) is 2.84. The number of nitrogens with zero attached hydrogens (tertiary/aromatic N) is 2. The van der Waals surface area contributed by atoms with E-state index in [2.05, 4.69) is 20.9 Å². The Morgan fingerprint density at radius 1 is 1.80 bits per heavy atom. The predicted octanol–water partition coefficient (Wildman–Crippen LogP) is 0.898. The first-order valence-corrected chi connectivity index (χ1v) is 6.07.